The van der Waals surface area contributed by atoms with Crippen LogP contribution < -0.4 is 4.74 Å². The summed E-state index contributed by atoms with van der Waals surface area (Å²) in [7, 11) is 0. The molecule has 0 radical (unpaired) electrons. The van der Waals surface area contributed by atoms with Gasteiger partial charge in [0.1, 0.15) is 12.4 Å². The third kappa shape index (κ3) is 4.26. The van der Waals surface area contributed by atoms with E-state index < -0.39 is 0 Å². The Morgan fingerprint density at radius 1 is 0.964 bits per heavy atom. The van der Waals surface area contributed by atoms with Gasteiger partial charge in [-0.1, -0.05) is 36.4 Å². The van der Waals surface area contributed by atoms with E-state index in [1.807, 2.05) is 61.5 Å². The highest BCUT2D eigenvalue weighted by atomic mass is 16.5. The van der Waals surface area contributed by atoms with Crippen LogP contribution >= 0.6 is 0 Å². The highest BCUT2D eigenvalue weighted by Crippen LogP contribution is 2.22. The number of hydrogen-bond acceptors (Lipinski definition) is 4. The van der Waals surface area contributed by atoms with Crippen LogP contribution in [0.4, 0.5) is 0 Å². The highest BCUT2D eigenvalue weighted by molar-refractivity contribution is 6.10. The molecule has 1 aromatic heterocycles. The van der Waals surface area contributed by atoms with Crippen LogP contribution in [0.1, 0.15) is 16.1 Å². The van der Waals surface area contributed by atoms with Crippen molar-refractivity contribution in [3.05, 3.63) is 65.9 Å². The zero-order valence-corrected chi connectivity index (χ0v) is 16.4. The summed E-state index contributed by atoms with van der Waals surface area (Å²) in [5.41, 5.74) is 2.84. The summed E-state index contributed by atoms with van der Waals surface area (Å²) in [5.74, 6) is 1.12. The lowest BCUT2D eigenvalue weighted by atomic mass is 10.1. The summed E-state index contributed by atoms with van der Waals surface area (Å²) in [6.07, 6.45) is 0. The van der Waals surface area contributed by atoms with Gasteiger partial charge in [0.2, 0.25) is 0 Å². The van der Waals surface area contributed by atoms with Gasteiger partial charge < -0.3 is 9.72 Å². The van der Waals surface area contributed by atoms with E-state index in [9.17, 15) is 4.79 Å². The third-order valence-corrected chi connectivity index (χ3v) is 5.42. The Balaban J connectivity index is 1.26. The van der Waals surface area contributed by atoms with Gasteiger partial charge in [-0.15, -0.1) is 0 Å². The average molecular weight is 377 g/mol. The number of H-pyrrole nitrogens is 1. The fourth-order valence-electron chi connectivity index (χ4n) is 3.90. The number of carbonyl (C=O) groups excluding carboxylic acids is 1. The Morgan fingerprint density at radius 2 is 1.64 bits per heavy atom. The second kappa shape index (κ2) is 8.59. The number of benzene rings is 2. The van der Waals surface area contributed by atoms with Crippen LogP contribution in [0.15, 0.2) is 54.6 Å². The van der Waals surface area contributed by atoms with Crippen molar-refractivity contribution in [3.63, 3.8) is 0 Å². The van der Waals surface area contributed by atoms with E-state index in [1.54, 1.807) is 0 Å². The molecule has 0 bridgehead atoms. The number of piperazine rings is 1. The number of ether oxygens (including phenoxy) is 1. The molecule has 3 aromatic rings. The molecule has 5 heteroatoms. The molecule has 1 aliphatic heterocycles. The zero-order chi connectivity index (χ0) is 19.3. The van der Waals surface area contributed by atoms with E-state index in [-0.39, 0.29) is 5.78 Å². The lowest BCUT2D eigenvalue weighted by Gasteiger charge is -2.34. The van der Waals surface area contributed by atoms with Gasteiger partial charge in [0, 0.05) is 54.9 Å². The van der Waals surface area contributed by atoms with Crippen molar-refractivity contribution in [2.45, 2.75) is 6.92 Å². The van der Waals surface area contributed by atoms with Crippen LogP contribution in [-0.4, -0.2) is 66.4 Å². The molecule has 0 amide bonds. The number of hydrogen-bond donors (Lipinski definition) is 1. The number of aromatic nitrogens is 1. The first-order valence-electron chi connectivity index (χ1n) is 9.94. The number of aromatic amines is 1. The van der Waals surface area contributed by atoms with Crippen LogP contribution in [0, 0.1) is 6.92 Å². The summed E-state index contributed by atoms with van der Waals surface area (Å²) in [4.78, 5) is 20.9. The molecule has 2 aromatic carbocycles. The van der Waals surface area contributed by atoms with Crippen molar-refractivity contribution in [3.8, 4) is 5.75 Å². The Kier molecular flexibility index (Phi) is 5.74. The van der Waals surface area contributed by atoms with Crippen molar-refractivity contribution in [2.24, 2.45) is 0 Å². The molecule has 0 spiro atoms. The van der Waals surface area contributed by atoms with Crippen molar-refractivity contribution in [1.29, 1.82) is 0 Å². The Labute approximate surface area is 165 Å². The second-order valence-electron chi connectivity index (χ2n) is 7.37. The smallest absolute Gasteiger partial charge is 0.179 e. The van der Waals surface area contributed by atoms with Crippen molar-refractivity contribution >= 4 is 16.7 Å². The van der Waals surface area contributed by atoms with Gasteiger partial charge in [0.15, 0.2) is 5.78 Å². The lowest BCUT2D eigenvalue weighted by molar-refractivity contribution is 0.0832. The summed E-state index contributed by atoms with van der Waals surface area (Å²) >= 11 is 0. The van der Waals surface area contributed by atoms with E-state index in [0.717, 1.165) is 60.6 Å². The average Bonchev–Trinajstić information content (AvgIpc) is 3.06. The van der Waals surface area contributed by atoms with Crippen molar-refractivity contribution in [1.82, 2.24) is 14.8 Å². The van der Waals surface area contributed by atoms with Gasteiger partial charge in [0.05, 0.1) is 6.54 Å². The highest BCUT2D eigenvalue weighted by Gasteiger charge is 2.22. The second-order valence-corrected chi connectivity index (χ2v) is 7.37. The van der Waals surface area contributed by atoms with E-state index in [2.05, 4.69) is 14.8 Å². The monoisotopic (exact) mass is 377 g/mol. The molecule has 2 heterocycles. The Bertz CT molecular complexity index is 927. The molecule has 0 atom stereocenters. The van der Waals surface area contributed by atoms with Crippen LogP contribution in [-0.2, 0) is 0 Å². The van der Waals surface area contributed by atoms with Gasteiger partial charge in [-0.25, -0.2) is 0 Å². The molecule has 0 saturated carbocycles. The minimum Gasteiger partial charge on any atom is -0.492 e. The van der Waals surface area contributed by atoms with Crippen LogP contribution in [0.3, 0.4) is 0 Å². The molecule has 0 unspecified atom stereocenters. The van der Waals surface area contributed by atoms with Crippen LogP contribution in [0.2, 0.25) is 0 Å². The maximum Gasteiger partial charge on any atom is 0.179 e. The number of carbonyl (C=O) groups is 1. The SMILES string of the molecule is Cc1[nH]c2ccccc2c1C(=O)CN1CCN(CCOc2ccccc2)CC1. The molecular weight excluding hydrogens is 350 g/mol. The fraction of sp³-hybridized carbons (Fsp3) is 0.348. The molecule has 1 aliphatic rings. The normalized spacial score (nSPS) is 15.8. The van der Waals surface area contributed by atoms with Crippen LogP contribution in [0.5, 0.6) is 5.75 Å². The predicted octanol–water partition coefficient (Wildman–Crippen LogP) is 3.36. The first-order chi connectivity index (χ1) is 13.7. The molecule has 146 valence electrons. The minimum atomic E-state index is 0.204. The maximum absolute atomic E-state index is 12.9. The van der Waals surface area contributed by atoms with E-state index in [0.29, 0.717) is 13.2 Å². The number of rotatable bonds is 7. The van der Waals surface area contributed by atoms with Gasteiger partial charge in [0.25, 0.3) is 0 Å². The topological polar surface area (TPSA) is 48.6 Å². The molecule has 0 aliphatic carbocycles. The summed E-state index contributed by atoms with van der Waals surface area (Å²) in [5, 5.41) is 1.03. The zero-order valence-electron chi connectivity index (χ0n) is 16.4. The van der Waals surface area contributed by atoms with E-state index in [1.165, 1.54) is 0 Å². The van der Waals surface area contributed by atoms with Crippen LogP contribution in [0.25, 0.3) is 10.9 Å². The molecule has 1 N–H and O–H groups in total. The molecule has 5 nitrogen and oxygen atoms in total. The third-order valence-electron chi connectivity index (χ3n) is 5.42. The van der Waals surface area contributed by atoms with Gasteiger partial charge in [-0.3, -0.25) is 14.6 Å². The lowest BCUT2D eigenvalue weighted by Crippen LogP contribution is -2.48. The molecule has 1 saturated heterocycles. The van der Waals surface area contributed by atoms with Gasteiger partial charge >= 0.3 is 0 Å². The number of ketones is 1. The number of aryl methyl sites for hydroxylation is 1. The molecular formula is C23H27N3O2. The minimum absolute atomic E-state index is 0.204. The number of para-hydroxylation sites is 2. The van der Waals surface area contributed by atoms with Crippen molar-refractivity contribution in [2.75, 3.05) is 45.9 Å². The Morgan fingerprint density at radius 3 is 2.43 bits per heavy atom. The largest absolute Gasteiger partial charge is 0.492 e. The predicted molar refractivity (Wildman–Crippen MR) is 112 cm³/mol. The molecule has 1 fully saturated rings. The number of nitrogens with one attached hydrogen (secondary N) is 1. The quantitative estimate of drug-likeness (QED) is 0.642. The number of Topliss-reactive ketones (excluding diaryl/α,β-unsaturated/α-hetero) is 1. The first kappa shape index (κ1) is 18.7. The van der Waals surface area contributed by atoms with Gasteiger partial charge in [-0.05, 0) is 25.1 Å². The van der Waals surface area contributed by atoms with E-state index in [4.69, 9.17) is 4.74 Å². The van der Waals surface area contributed by atoms with Crippen molar-refractivity contribution < 1.29 is 9.53 Å². The summed E-state index contributed by atoms with van der Waals surface area (Å²) in [6, 6.07) is 18.0. The fourth-order valence-corrected chi connectivity index (χ4v) is 3.90. The summed E-state index contributed by atoms with van der Waals surface area (Å²) in [6.45, 7) is 7.85. The molecule has 4 rings (SSSR count). The molecule has 28 heavy (non-hydrogen) atoms. The maximum atomic E-state index is 12.9. The first-order valence-corrected chi connectivity index (χ1v) is 9.94. The Hall–Kier alpha value is -2.63. The standard InChI is InChI=1S/C23H27N3O2/c1-18-23(20-9-5-6-10-21(20)24-18)22(27)17-26-13-11-25(12-14-26)15-16-28-19-7-3-2-4-8-19/h2-10,24H,11-17H2,1H3. The van der Waals surface area contributed by atoms with Gasteiger partial charge in [-0.2, -0.15) is 0 Å². The van der Waals surface area contributed by atoms with E-state index >= 15 is 0 Å². The number of fused-ring (bicyclic) bond motifs is 1. The number of nitrogens with zero attached hydrogens (tertiary/aromatic N) is 2. The summed E-state index contributed by atoms with van der Waals surface area (Å²) < 4.78 is 5.79.